The fourth-order valence-corrected chi connectivity index (χ4v) is 1.22. The van der Waals surface area contributed by atoms with Crippen molar-refractivity contribution in [2.24, 2.45) is 0 Å². The Morgan fingerprint density at radius 1 is 1.33 bits per heavy atom. The second-order valence-corrected chi connectivity index (χ2v) is 3.72. The molecule has 0 heterocycles. The van der Waals surface area contributed by atoms with Crippen LogP contribution in [0.3, 0.4) is 0 Å². The van der Waals surface area contributed by atoms with Crippen LogP contribution >= 0.6 is 15.9 Å². The zero-order valence-corrected chi connectivity index (χ0v) is 8.75. The third-order valence-electron chi connectivity index (χ3n) is 1.91. The molecule has 0 saturated carbocycles. The Bertz CT molecular complexity index is 245. The molecule has 0 aliphatic carbocycles. The third kappa shape index (κ3) is 2.30. The third-order valence-corrected chi connectivity index (χ3v) is 2.44. The Hall–Kier alpha value is -0.380. The normalized spacial score (nSPS) is 13.4. The number of hydrogen-bond acceptors (Lipinski definition) is 2. The van der Waals surface area contributed by atoms with Gasteiger partial charge < -0.3 is 5.21 Å². The predicted octanol–water partition coefficient (Wildman–Crippen LogP) is 2.83. The molecule has 1 aromatic carbocycles. The number of benzene rings is 1. The number of halogens is 1. The predicted molar refractivity (Wildman–Crippen MR) is 52.1 cm³/mol. The van der Waals surface area contributed by atoms with Crippen molar-refractivity contribution in [3.63, 3.8) is 0 Å². The Labute approximate surface area is 80.9 Å². The minimum absolute atomic E-state index is 0.0399. The summed E-state index contributed by atoms with van der Waals surface area (Å²) in [5.41, 5.74) is 1.10. The van der Waals surface area contributed by atoms with Gasteiger partial charge in [0.05, 0.1) is 6.04 Å². The van der Waals surface area contributed by atoms with Gasteiger partial charge in [-0.3, -0.25) is 0 Å². The lowest BCUT2D eigenvalue weighted by Crippen LogP contribution is -2.17. The molecule has 0 aliphatic heterocycles. The Morgan fingerprint density at radius 3 is 2.25 bits per heavy atom. The molecular formula is C9H12BrNO. The van der Waals surface area contributed by atoms with Gasteiger partial charge in [-0.05, 0) is 24.6 Å². The smallest absolute Gasteiger partial charge is 0.0568 e. The molecule has 66 valence electrons. The Balaban J connectivity index is 2.82. The van der Waals surface area contributed by atoms with E-state index in [4.69, 9.17) is 5.21 Å². The highest BCUT2D eigenvalue weighted by Crippen LogP contribution is 2.19. The van der Waals surface area contributed by atoms with Gasteiger partial charge >= 0.3 is 0 Å². The van der Waals surface area contributed by atoms with Gasteiger partial charge in [-0.1, -0.05) is 28.1 Å². The van der Waals surface area contributed by atoms with E-state index >= 15 is 0 Å². The molecule has 12 heavy (non-hydrogen) atoms. The lowest BCUT2D eigenvalue weighted by atomic mass is 10.1. The molecule has 0 spiro atoms. The van der Waals surface area contributed by atoms with Gasteiger partial charge in [-0.15, -0.1) is 0 Å². The van der Waals surface area contributed by atoms with Crippen LogP contribution in [0, 0.1) is 0 Å². The maximum atomic E-state index is 9.17. The first-order valence-electron chi connectivity index (χ1n) is 3.78. The molecule has 1 atom stereocenters. The summed E-state index contributed by atoms with van der Waals surface area (Å²) in [6.07, 6.45) is 0. The summed E-state index contributed by atoms with van der Waals surface area (Å²) >= 11 is 3.36. The molecule has 0 amide bonds. The zero-order chi connectivity index (χ0) is 9.14. The molecule has 0 radical (unpaired) electrons. The van der Waals surface area contributed by atoms with Gasteiger partial charge in [0.2, 0.25) is 0 Å². The van der Waals surface area contributed by atoms with Crippen molar-refractivity contribution in [2.75, 3.05) is 7.05 Å². The molecule has 0 saturated heterocycles. The van der Waals surface area contributed by atoms with Gasteiger partial charge in [0.25, 0.3) is 0 Å². The maximum Gasteiger partial charge on any atom is 0.0568 e. The molecule has 3 heteroatoms. The van der Waals surface area contributed by atoms with E-state index in [1.54, 1.807) is 7.05 Å². The average molecular weight is 230 g/mol. The lowest BCUT2D eigenvalue weighted by Gasteiger charge is -2.17. The van der Waals surface area contributed by atoms with Crippen LogP contribution in [0.5, 0.6) is 0 Å². The second kappa shape index (κ2) is 4.03. The molecule has 0 fully saturated rings. The molecule has 0 aliphatic rings. The zero-order valence-electron chi connectivity index (χ0n) is 7.16. The Kier molecular flexibility index (Phi) is 3.26. The molecule has 1 aromatic rings. The van der Waals surface area contributed by atoms with E-state index in [-0.39, 0.29) is 6.04 Å². The molecule has 0 aromatic heterocycles. The fraction of sp³-hybridized carbons (Fsp3) is 0.333. The molecule has 0 bridgehead atoms. The summed E-state index contributed by atoms with van der Waals surface area (Å²) in [6.45, 7) is 1.95. The van der Waals surface area contributed by atoms with Crippen LogP contribution < -0.4 is 0 Å². The van der Waals surface area contributed by atoms with Crippen LogP contribution in [0.2, 0.25) is 0 Å². The molecule has 1 unspecified atom stereocenters. The van der Waals surface area contributed by atoms with Gasteiger partial charge in [0.1, 0.15) is 0 Å². The number of hydroxylamine groups is 2. The van der Waals surface area contributed by atoms with E-state index in [2.05, 4.69) is 15.9 Å². The van der Waals surface area contributed by atoms with Crippen molar-refractivity contribution in [1.29, 1.82) is 0 Å². The quantitative estimate of drug-likeness (QED) is 0.789. The van der Waals surface area contributed by atoms with Gasteiger partial charge in [0, 0.05) is 11.5 Å². The van der Waals surface area contributed by atoms with Gasteiger partial charge in [-0.2, -0.15) is 5.06 Å². The van der Waals surface area contributed by atoms with E-state index in [9.17, 15) is 0 Å². The number of rotatable bonds is 2. The molecule has 1 N–H and O–H groups in total. The summed E-state index contributed by atoms with van der Waals surface area (Å²) in [5.74, 6) is 0. The SMILES string of the molecule is CC(c1ccc(Br)cc1)N(C)O. The van der Waals surface area contributed by atoms with E-state index in [0.29, 0.717) is 0 Å². The summed E-state index contributed by atoms with van der Waals surface area (Å²) in [6, 6.07) is 7.95. The van der Waals surface area contributed by atoms with Crippen LogP contribution in [0.15, 0.2) is 28.7 Å². The van der Waals surface area contributed by atoms with Crippen molar-refractivity contribution in [2.45, 2.75) is 13.0 Å². The number of nitrogens with zero attached hydrogens (tertiary/aromatic N) is 1. The Morgan fingerprint density at radius 2 is 1.83 bits per heavy atom. The highest BCUT2D eigenvalue weighted by atomic mass is 79.9. The first kappa shape index (κ1) is 9.71. The monoisotopic (exact) mass is 229 g/mol. The summed E-state index contributed by atoms with van der Waals surface area (Å²) in [5, 5.41) is 10.4. The summed E-state index contributed by atoms with van der Waals surface area (Å²) in [7, 11) is 1.65. The van der Waals surface area contributed by atoms with E-state index in [1.165, 1.54) is 5.06 Å². The number of hydrogen-bond donors (Lipinski definition) is 1. The van der Waals surface area contributed by atoms with Crippen molar-refractivity contribution >= 4 is 15.9 Å². The van der Waals surface area contributed by atoms with Crippen molar-refractivity contribution in [3.8, 4) is 0 Å². The van der Waals surface area contributed by atoms with Crippen LogP contribution in [0.25, 0.3) is 0 Å². The molecule has 2 nitrogen and oxygen atoms in total. The van der Waals surface area contributed by atoms with Crippen molar-refractivity contribution < 1.29 is 5.21 Å². The fourth-order valence-electron chi connectivity index (χ4n) is 0.957. The molecular weight excluding hydrogens is 218 g/mol. The summed E-state index contributed by atoms with van der Waals surface area (Å²) in [4.78, 5) is 0. The topological polar surface area (TPSA) is 23.5 Å². The van der Waals surface area contributed by atoms with Crippen LogP contribution in [0.4, 0.5) is 0 Å². The van der Waals surface area contributed by atoms with Crippen LogP contribution in [-0.2, 0) is 0 Å². The van der Waals surface area contributed by atoms with Gasteiger partial charge in [-0.25, -0.2) is 0 Å². The standard InChI is InChI=1S/C9H12BrNO/c1-7(11(2)12)8-3-5-9(10)6-4-8/h3-7,12H,1-2H3. The minimum atomic E-state index is 0.0399. The first-order valence-corrected chi connectivity index (χ1v) is 4.57. The summed E-state index contributed by atoms with van der Waals surface area (Å²) < 4.78 is 1.05. The minimum Gasteiger partial charge on any atom is -0.314 e. The largest absolute Gasteiger partial charge is 0.314 e. The second-order valence-electron chi connectivity index (χ2n) is 2.80. The van der Waals surface area contributed by atoms with E-state index < -0.39 is 0 Å². The van der Waals surface area contributed by atoms with Gasteiger partial charge in [0.15, 0.2) is 0 Å². The van der Waals surface area contributed by atoms with Crippen molar-refractivity contribution in [1.82, 2.24) is 5.06 Å². The van der Waals surface area contributed by atoms with E-state index in [1.807, 2.05) is 31.2 Å². The maximum absolute atomic E-state index is 9.17. The van der Waals surface area contributed by atoms with Crippen molar-refractivity contribution in [3.05, 3.63) is 34.3 Å². The van der Waals surface area contributed by atoms with E-state index in [0.717, 1.165) is 10.0 Å². The first-order chi connectivity index (χ1) is 5.61. The van der Waals surface area contributed by atoms with Crippen LogP contribution in [-0.4, -0.2) is 17.3 Å². The van der Waals surface area contributed by atoms with Crippen LogP contribution in [0.1, 0.15) is 18.5 Å². The highest BCUT2D eigenvalue weighted by molar-refractivity contribution is 9.10. The average Bonchev–Trinajstić information content (AvgIpc) is 2.04. The molecule has 1 rings (SSSR count). The highest BCUT2D eigenvalue weighted by Gasteiger charge is 2.07. The lowest BCUT2D eigenvalue weighted by molar-refractivity contribution is -0.0984.